The van der Waals surface area contributed by atoms with Crippen molar-refractivity contribution in [2.45, 2.75) is 0 Å². The number of hydrogen-bond donors (Lipinski definition) is 1. The maximum Gasteiger partial charge on any atom is 0.149 e. The Hall–Kier alpha value is -1.43. The summed E-state index contributed by atoms with van der Waals surface area (Å²) in [6.45, 7) is 0.399. The molecule has 5 nitrogen and oxygen atoms in total. The fraction of sp³-hybridized carbons (Fsp3) is 0.455. The predicted octanol–water partition coefficient (Wildman–Crippen LogP) is 0.758. The molecule has 0 bridgehead atoms. The zero-order valence-electron chi connectivity index (χ0n) is 10.3. The van der Waals surface area contributed by atoms with Gasteiger partial charge in [-0.1, -0.05) is 0 Å². The largest absolute Gasteiger partial charge is 0.497 e. The van der Waals surface area contributed by atoms with Crippen molar-refractivity contribution in [3.05, 3.63) is 18.2 Å². The first kappa shape index (κ1) is 13.6. The van der Waals surface area contributed by atoms with Crippen LogP contribution in [0.5, 0.6) is 5.75 Å². The molecule has 0 atom stereocenters. The highest BCUT2D eigenvalue weighted by molar-refractivity contribution is 7.90. The molecule has 0 unspecified atom stereocenters. The Morgan fingerprint density at radius 3 is 2.59 bits per heavy atom. The lowest BCUT2D eigenvalue weighted by Gasteiger charge is -2.21. The van der Waals surface area contributed by atoms with E-state index in [1.165, 1.54) is 6.26 Å². The number of rotatable bonds is 5. The van der Waals surface area contributed by atoms with Crippen LogP contribution in [0.3, 0.4) is 0 Å². The van der Waals surface area contributed by atoms with E-state index >= 15 is 0 Å². The second kappa shape index (κ2) is 5.27. The van der Waals surface area contributed by atoms with E-state index in [4.69, 9.17) is 10.5 Å². The van der Waals surface area contributed by atoms with Gasteiger partial charge in [0.1, 0.15) is 15.6 Å². The standard InChI is InChI=1S/C11H18N2O3S/c1-13(6-7-17(3,14)15)11-8-9(16-2)4-5-10(11)12/h4-5,8H,6-7,12H2,1-3H3. The lowest BCUT2D eigenvalue weighted by atomic mass is 10.2. The van der Waals surface area contributed by atoms with Gasteiger partial charge in [-0.25, -0.2) is 8.42 Å². The summed E-state index contributed by atoms with van der Waals surface area (Å²) in [5, 5.41) is 0. The molecule has 2 N–H and O–H groups in total. The summed E-state index contributed by atoms with van der Waals surface area (Å²) in [7, 11) is 0.408. The molecule has 0 heterocycles. The number of sulfone groups is 1. The number of hydrogen-bond acceptors (Lipinski definition) is 5. The quantitative estimate of drug-likeness (QED) is 0.789. The van der Waals surface area contributed by atoms with Crippen LogP contribution in [0.2, 0.25) is 0 Å². The van der Waals surface area contributed by atoms with Crippen LogP contribution in [0.4, 0.5) is 11.4 Å². The average molecular weight is 258 g/mol. The third-order valence-corrected chi connectivity index (χ3v) is 3.37. The van der Waals surface area contributed by atoms with Gasteiger partial charge in [0, 0.05) is 25.9 Å². The molecule has 0 fully saturated rings. The van der Waals surface area contributed by atoms with E-state index in [-0.39, 0.29) is 5.75 Å². The van der Waals surface area contributed by atoms with Crippen LogP contribution in [0, 0.1) is 0 Å². The summed E-state index contributed by atoms with van der Waals surface area (Å²) in [4.78, 5) is 1.80. The van der Waals surface area contributed by atoms with Gasteiger partial charge in [0.15, 0.2) is 0 Å². The van der Waals surface area contributed by atoms with Crippen molar-refractivity contribution in [2.24, 2.45) is 0 Å². The molecule has 1 aromatic rings. The number of benzene rings is 1. The lowest BCUT2D eigenvalue weighted by Crippen LogP contribution is -2.25. The van der Waals surface area contributed by atoms with E-state index < -0.39 is 9.84 Å². The summed E-state index contributed by atoms with van der Waals surface area (Å²) in [6.07, 6.45) is 1.22. The molecule has 0 aliphatic heterocycles. The summed E-state index contributed by atoms with van der Waals surface area (Å²) in [5.41, 5.74) is 7.21. The molecule has 0 amide bonds. The van der Waals surface area contributed by atoms with Gasteiger partial charge in [-0.05, 0) is 12.1 Å². The number of nitrogens with zero attached hydrogens (tertiary/aromatic N) is 1. The first-order chi connectivity index (χ1) is 7.83. The Bertz CT molecular complexity index is 485. The van der Waals surface area contributed by atoms with Gasteiger partial charge in [0.05, 0.1) is 24.2 Å². The van der Waals surface area contributed by atoms with Crippen molar-refractivity contribution in [2.75, 3.05) is 43.3 Å². The third-order valence-electron chi connectivity index (χ3n) is 2.45. The van der Waals surface area contributed by atoms with Crippen molar-refractivity contribution in [3.8, 4) is 5.75 Å². The predicted molar refractivity (Wildman–Crippen MR) is 70.4 cm³/mol. The van der Waals surface area contributed by atoms with Crippen LogP contribution >= 0.6 is 0 Å². The third kappa shape index (κ3) is 4.14. The summed E-state index contributed by atoms with van der Waals surface area (Å²) < 4.78 is 27.3. The molecule has 1 aromatic carbocycles. The molecular weight excluding hydrogens is 240 g/mol. The number of nitrogen functional groups attached to an aromatic ring is 1. The fourth-order valence-corrected chi connectivity index (χ4v) is 2.01. The molecule has 6 heteroatoms. The number of anilines is 2. The molecule has 0 spiro atoms. The Morgan fingerprint density at radius 2 is 2.06 bits per heavy atom. The van der Waals surface area contributed by atoms with Crippen molar-refractivity contribution in [1.29, 1.82) is 0 Å². The first-order valence-corrected chi connectivity index (χ1v) is 7.22. The maximum atomic E-state index is 11.1. The summed E-state index contributed by atoms with van der Waals surface area (Å²) >= 11 is 0. The average Bonchev–Trinajstić information content (AvgIpc) is 2.25. The number of nitrogens with two attached hydrogens (primary N) is 1. The van der Waals surface area contributed by atoms with E-state index in [2.05, 4.69) is 0 Å². The van der Waals surface area contributed by atoms with Gasteiger partial charge in [0.25, 0.3) is 0 Å². The van der Waals surface area contributed by atoms with Crippen LogP contribution in [-0.4, -0.2) is 41.1 Å². The monoisotopic (exact) mass is 258 g/mol. The molecule has 0 radical (unpaired) electrons. The van der Waals surface area contributed by atoms with Crippen molar-refractivity contribution < 1.29 is 13.2 Å². The van der Waals surface area contributed by atoms with Crippen molar-refractivity contribution in [3.63, 3.8) is 0 Å². The maximum absolute atomic E-state index is 11.1. The Kier molecular flexibility index (Phi) is 4.22. The smallest absolute Gasteiger partial charge is 0.149 e. The number of methoxy groups -OCH3 is 1. The fourth-order valence-electron chi connectivity index (χ4n) is 1.40. The van der Waals surface area contributed by atoms with Gasteiger partial charge < -0.3 is 15.4 Å². The Labute approximate surface area is 102 Å². The van der Waals surface area contributed by atoms with Crippen LogP contribution in [0.1, 0.15) is 0 Å². The minimum absolute atomic E-state index is 0.0974. The van der Waals surface area contributed by atoms with Crippen LogP contribution < -0.4 is 15.4 Å². The zero-order valence-corrected chi connectivity index (χ0v) is 11.1. The van der Waals surface area contributed by atoms with Crippen LogP contribution in [0.15, 0.2) is 18.2 Å². The van der Waals surface area contributed by atoms with E-state index in [0.29, 0.717) is 18.0 Å². The SMILES string of the molecule is COc1ccc(N)c(N(C)CCS(C)(=O)=O)c1. The molecule has 0 aromatic heterocycles. The molecule has 0 saturated heterocycles. The number of ether oxygens (including phenoxy) is 1. The first-order valence-electron chi connectivity index (χ1n) is 5.16. The van der Waals surface area contributed by atoms with E-state index in [9.17, 15) is 8.42 Å². The Balaban J connectivity index is 2.84. The van der Waals surface area contributed by atoms with Gasteiger partial charge >= 0.3 is 0 Å². The second-order valence-corrected chi connectivity index (χ2v) is 6.24. The van der Waals surface area contributed by atoms with E-state index in [0.717, 1.165) is 5.69 Å². The molecule has 17 heavy (non-hydrogen) atoms. The van der Waals surface area contributed by atoms with Crippen molar-refractivity contribution >= 4 is 21.2 Å². The highest BCUT2D eigenvalue weighted by Crippen LogP contribution is 2.27. The molecule has 0 aliphatic carbocycles. The second-order valence-electron chi connectivity index (χ2n) is 3.98. The van der Waals surface area contributed by atoms with Crippen LogP contribution in [-0.2, 0) is 9.84 Å². The highest BCUT2D eigenvalue weighted by Gasteiger charge is 2.10. The van der Waals surface area contributed by atoms with Gasteiger partial charge in [-0.15, -0.1) is 0 Å². The molecule has 96 valence electrons. The van der Waals surface area contributed by atoms with Gasteiger partial charge in [0.2, 0.25) is 0 Å². The van der Waals surface area contributed by atoms with E-state index in [1.807, 2.05) is 0 Å². The summed E-state index contributed by atoms with van der Waals surface area (Å²) in [6, 6.07) is 5.30. The van der Waals surface area contributed by atoms with Gasteiger partial charge in [-0.2, -0.15) is 0 Å². The molecule has 0 aliphatic rings. The minimum atomic E-state index is -2.97. The molecule has 1 rings (SSSR count). The van der Waals surface area contributed by atoms with E-state index in [1.54, 1.807) is 37.3 Å². The van der Waals surface area contributed by atoms with Crippen LogP contribution in [0.25, 0.3) is 0 Å². The summed E-state index contributed by atoms with van der Waals surface area (Å²) in [5.74, 6) is 0.792. The Morgan fingerprint density at radius 1 is 1.41 bits per heavy atom. The lowest BCUT2D eigenvalue weighted by molar-refractivity contribution is 0.415. The highest BCUT2D eigenvalue weighted by atomic mass is 32.2. The molecular formula is C11H18N2O3S. The zero-order chi connectivity index (χ0) is 13.1. The topological polar surface area (TPSA) is 72.6 Å². The van der Waals surface area contributed by atoms with Crippen molar-refractivity contribution in [1.82, 2.24) is 0 Å². The minimum Gasteiger partial charge on any atom is -0.497 e. The normalized spacial score (nSPS) is 11.2. The van der Waals surface area contributed by atoms with Gasteiger partial charge in [-0.3, -0.25) is 0 Å². The molecule has 0 saturated carbocycles.